The van der Waals surface area contributed by atoms with Crippen LogP contribution in [0.25, 0.3) is 0 Å². The van der Waals surface area contributed by atoms with Gasteiger partial charge in [-0.15, -0.1) is 0 Å². The first-order valence-electron chi connectivity index (χ1n) is 6.48. The Labute approximate surface area is 144 Å². The first kappa shape index (κ1) is 16.3. The smallest absolute Gasteiger partial charge is 0.104 e. The van der Waals surface area contributed by atoms with Crippen LogP contribution in [0.4, 0.5) is 5.69 Å². The Morgan fingerprint density at radius 1 is 1.29 bits per heavy atom. The third kappa shape index (κ3) is 3.76. The minimum Gasteiger partial charge on any atom is -0.389 e. The Bertz CT molecular complexity index is 675. The van der Waals surface area contributed by atoms with Crippen LogP contribution in [0.3, 0.4) is 0 Å². The van der Waals surface area contributed by atoms with E-state index in [0.29, 0.717) is 4.99 Å². The van der Waals surface area contributed by atoms with Crippen LogP contribution in [0, 0.1) is 0 Å². The number of benzene rings is 2. The molecule has 2 N–H and O–H groups in total. The molecule has 2 aromatic carbocycles. The van der Waals surface area contributed by atoms with Gasteiger partial charge in [-0.05, 0) is 58.7 Å². The highest BCUT2D eigenvalue weighted by Gasteiger charge is 2.15. The van der Waals surface area contributed by atoms with Crippen molar-refractivity contribution in [2.45, 2.75) is 13.0 Å². The van der Waals surface area contributed by atoms with Crippen LogP contribution >= 0.6 is 39.7 Å². The predicted octanol–water partition coefficient (Wildman–Crippen LogP) is 4.93. The molecule has 0 spiro atoms. The quantitative estimate of drug-likeness (QED) is 0.759. The molecule has 0 heterocycles. The molecule has 0 amide bonds. The van der Waals surface area contributed by atoms with Gasteiger partial charge >= 0.3 is 0 Å². The number of thiocarbonyl (C=S) groups is 1. The van der Waals surface area contributed by atoms with E-state index in [1.165, 1.54) is 0 Å². The summed E-state index contributed by atoms with van der Waals surface area (Å²) >= 11 is 14.7. The summed E-state index contributed by atoms with van der Waals surface area (Å²) in [7, 11) is 2.05. The molecule has 0 radical (unpaired) electrons. The Hall–Kier alpha value is -1.10. The second kappa shape index (κ2) is 6.77. The summed E-state index contributed by atoms with van der Waals surface area (Å²) in [5.41, 5.74) is 8.74. The van der Waals surface area contributed by atoms with Gasteiger partial charge in [-0.2, -0.15) is 0 Å². The van der Waals surface area contributed by atoms with Crippen molar-refractivity contribution in [2.75, 3.05) is 11.9 Å². The third-order valence-corrected chi connectivity index (χ3v) is 4.63. The maximum absolute atomic E-state index is 6.07. The van der Waals surface area contributed by atoms with Gasteiger partial charge in [0.25, 0.3) is 0 Å². The number of nitrogens with two attached hydrogens (primary N) is 1. The molecule has 0 saturated carbocycles. The fraction of sp³-hybridized carbons (Fsp3) is 0.188. The highest BCUT2D eigenvalue weighted by atomic mass is 79.9. The first-order chi connectivity index (χ1) is 9.90. The minimum absolute atomic E-state index is 0.190. The standard InChI is InChI=1S/C16H16BrClN2S/c1-10(11-4-3-5-13(18)8-11)20(2)15-7-6-12(16(19)21)9-14(15)17/h3-10H,1-2H3,(H2,19,21). The molecule has 2 aromatic rings. The van der Waals surface area contributed by atoms with Crippen molar-refractivity contribution in [3.8, 4) is 0 Å². The Kier molecular flexibility index (Phi) is 5.25. The van der Waals surface area contributed by atoms with Crippen LogP contribution in [0.1, 0.15) is 24.1 Å². The number of halogens is 2. The summed E-state index contributed by atoms with van der Waals surface area (Å²) in [5, 5.41) is 0.746. The molecule has 2 nitrogen and oxygen atoms in total. The fourth-order valence-electron chi connectivity index (χ4n) is 2.14. The SMILES string of the molecule is CC(c1cccc(Cl)c1)N(C)c1ccc(C(N)=S)cc1Br. The zero-order chi connectivity index (χ0) is 15.6. The van der Waals surface area contributed by atoms with Crippen LogP contribution in [-0.2, 0) is 0 Å². The zero-order valence-corrected chi connectivity index (χ0v) is 15.0. The molecular formula is C16H16BrClN2S. The molecule has 0 bridgehead atoms. The average molecular weight is 384 g/mol. The summed E-state index contributed by atoms with van der Waals surface area (Å²) in [4.78, 5) is 2.58. The molecule has 2 rings (SSSR count). The van der Waals surface area contributed by atoms with E-state index in [2.05, 4.69) is 33.8 Å². The lowest BCUT2D eigenvalue weighted by Crippen LogP contribution is -2.22. The van der Waals surface area contributed by atoms with Gasteiger partial charge in [0.2, 0.25) is 0 Å². The Morgan fingerprint density at radius 3 is 2.57 bits per heavy atom. The number of nitrogens with zero attached hydrogens (tertiary/aromatic N) is 1. The van der Waals surface area contributed by atoms with Gasteiger partial charge in [0.05, 0.1) is 11.7 Å². The van der Waals surface area contributed by atoms with E-state index >= 15 is 0 Å². The topological polar surface area (TPSA) is 29.3 Å². The second-order valence-corrected chi connectivity index (χ2v) is 6.60. The average Bonchev–Trinajstić information content (AvgIpc) is 2.45. The molecule has 1 atom stereocenters. The van der Waals surface area contributed by atoms with Crippen molar-refractivity contribution in [3.63, 3.8) is 0 Å². The summed E-state index contributed by atoms with van der Waals surface area (Å²) in [5.74, 6) is 0. The molecule has 0 aliphatic heterocycles. The molecule has 5 heteroatoms. The van der Waals surface area contributed by atoms with Gasteiger partial charge in [0.1, 0.15) is 4.99 Å². The number of hydrogen-bond acceptors (Lipinski definition) is 2. The number of anilines is 1. The Morgan fingerprint density at radius 2 is 2.00 bits per heavy atom. The van der Waals surface area contributed by atoms with Crippen molar-refractivity contribution in [1.82, 2.24) is 0 Å². The molecule has 110 valence electrons. The van der Waals surface area contributed by atoms with E-state index < -0.39 is 0 Å². The van der Waals surface area contributed by atoms with Gasteiger partial charge < -0.3 is 10.6 Å². The van der Waals surface area contributed by atoms with E-state index in [1.54, 1.807) is 0 Å². The predicted molar refractivity (Wildman–Crippen MR) is 98.3 cm³/mol. The minimum atomic E-state index is 0.190. The van der Waals surface area contributed by atoms with Crippen LogP contribution in [0.15, 0.2) is 46.9 Å². The van der Waals surface area contributed by atoms with E-state index in [-0.39, 0.29) is 6.04 Å². The highest BCUT2D eigenvalue weighted by molar-refractivity contribution is 9.10. The summed E-state index contributed by atoms with van der Waals surface area (Å²) in [6, 6.07) is 14.0. The van der Waals surface area contributed by atoms with Crippen molar-refractivity contribution in [1.29, 1.82) is 0 Å². The van der Waals surface area contributed by atoms with Gasteiger partial charge in [-0.1, -0.05) is 36.0 Å². The lowest BCUT2D eigenvalue weighted by Gasteiger charge is -2.28. The van der Waals surface area contributed by atoms with Crippen molar-refractivity contribution in [3.05, 3.63) is 63.1 Å². The molecule has 0 aliphatic rings. The molecule has 0 saturated heterocycles. The van der Waals surface area contributed by atoms with Gasteiger partial charge in [0, 0.05) is 22.1 Å². The third-order valence-electron chi connectivity index (χ3n) is 3.52. The van der Waals surface area contributed by atoms with Gasteiger partial charge in [-0.3, -0.25) is 0 Å². The molecule has 0 aliphatic carbocycles. The summed E-state index contributed by atoms with van der Waals surface area (Å²) in [6.45, 7) is 2.14. The van der Waals surface area contributed by atoms with Gasteiger partial charge in [-0.25, -0.2) is 0 Å². The number of hydrogen-bond donors (Lipinski definition) is 1. The second-order valence-electron chi connectivity index (χ2n) is 4.87. The maximum Gasteiger partial charge on any atom is 0.104 e. The number of rotatable bonds is 4. The van der Waals surface area contributed by atoms with Crippen molar-refractivity contribution < 1.29 is 0 Å². The van der Waals surface area contributed by atoms with Gasteiger partial charge in [0.15, 0.2) is 0 Å². The molecule has 0 aromatic heterocycles. The van der Waals surface area contributed by atoms with Crippen molar-refractivity contribution in [2.24, 2.45) is 5.73 Å². The lowest BCUT2D eigenvalue weighted by atomic mass is 10.1. The summed E-state index contributed by atoms with van der Waals surface area (Å²) < 4.78 is 0.962. The van der Waals surface area contributed by atoms with Crippen LogP contribution in [0.5, 0.6) is 0 Å². The molecule has 0 fully saturated rings. The van der Waals surface area contributed by atoms with E-state index in [9.17, 15) is 0 Å². The molecule has 1 unspecified atom stereocenters. The molecular weight excluding hydrogens is 368 g/mol. The highest BCUT2D eigenvalue weighted by Crippen LogP contribution is 2.32. The summed E-state index contributed by atoms with van der Waals surface area (Å²) in [6.07, 6.45) is 0. The fourth-order valence-corrected chi connectivity index (χ4v) is 3.13. The Balaban J connectivity index is 2.31. The zero-order valence-electron chi connectivity index (χ0n) is 11.8. The van der Waals surface area contributed by atoms with Crippen LogP contribution < -0.4 is 10.6 Å². The van der Waals surface area contributed by atoms with Crippen molar-refractivity contribution >= 4 is 50.4 Å². The largest absolute Gasteiger partial charge is 0.389 e. The maximum atomic E-state index is 6.07. The van der Waals surface area contributed by atoms with Crippen LogP contribution in [-0.4, -0.2) is 12.0 Å². The van der Waals surface area contributed by atoms with E-state index in [4.69, 9.17) is 29.6 Å². The first-order valence-corrected chi connectivity index (χ1v) is 8.05. The molecule has 21 heavy (non-hydrogen) atoms. The van der Waals surface area contributed by atoms with Crippen LogP contribution in [0.2, 0.25) is 5.02 Å². The normalized spacial score (nSPS) is 12.0. The monoisotopic (exact) mass is 382 g/mol. The van der Waals surface area contributed by atoms with E-state index in [1.807, 2.05) is 43.4 Å². The van der Waals surface area contributed by atoms with E-state index in [0.717, 1.165) is 26.3 Å². The lowest BCUT2D eigenvalue weighted by molar-refractivity contribution is 0.738.